The molecule has 2 aromatic heterocycles. The fourth-order valence-electron chi connectivity index (χ4n) is 1.45. The summed E-state index contributed by atoms with van der Waals surface area (Å²) in [5.41, 5.74) is 2.24. The number of nitrogens with zero attached hydrogens (tertiary/aromatic N) is 2. The third-order valence-electron chi connectivity index (χ3n) is 2.24. The fraction of sp³-hybridized carbons (Fsp3) is 0.250. The minimum absolute atomic E-state index is 0.936. The van der Waals surface area contributed by atoms with E-state index in [4.69, 9.17) is 0 Å². The molecule has 3 nitrogen and oxygen atoms in total. The highest BCUT2D eigenvalue weighted by molar-refractivity contribution is 5.06. The van der Waals surface area contributed by atoms with Crippen LogP contribution in [0.2, 0.25) is 0 Å². The van der Waals surface area contributed by atoms with Gasteiger partial charge in [0.05, 0.1) is 12.0 Å². The third-order valence-corrected chi connectivity index (χ3v) is 2.24. The summed E-state index contributed by atoms with van der Waals surface area (Å²) in [5, 5.41) is 0. The minimum Gasteiger partial charge on any atom is -0.351 e. The number of aromatic nitrogens is 3. The van der Waals surface area contributed by atoms with E-state index >= 15 is 0 Å². The first-order valence-corrected chi connectivity index (χ1v) is 5.14. The van der Waals surface area contributed by atoms with Gasteiger partial charge in [0.15, 0.2) is 0 Å². The van der Waals surface area contributed by atoms with Gasteiger partial charge in [-0.25, -0.2) is 4.98 Å². The van der Waals surface area contributed by atoms with E-state index in [1.807, 2.05) is 30.6 Å². The summed E-state index contributed by atoms with van der Waals surface area (Å²) in [7, 11) is 0. The van der Waals surface area contributed by atoms with Crippen LogP contribution in [0, 0.1) is 6.42 Å². The molecule has 0 aliphatic rings. The third kappa shape index (κ3) is 3.20. The van der Waals surface area contributed by atoms with Crippen LogP contribution in [0.4, 0.5) is 0 Å². The van der Waals surface area contributed by atoms with Crippen LogP contribution in [0.25, 0.3) is 0 Å². The van der Waals surface area contributed by atoms with Crippen LogP contribution < -0.4 is 0 Å². The van der Waals surface area contributed by atoms with E-state index < -0.39 is 0 Å². The lowest BCUT2D eigenvalue weighted by Crippen LogP contribution is -1.92. The summed E-state index contributed by atoms with van der Waals surface area (Å²) in [6.07, 6.45) is 10.7. The molecular weight excluding hydrogens is 186 g/mol. The molecule has 0 unspecified atom stereocenters. The molecular formula is C12H14N3. The Labute approximate surface area is 89.6 Å². The minimum atomic E-state index is 0.936. The molecule has 15 heavy (non-hydrogen) atoms. The van der Waals surface area contributed by atoms with Crippen LogP contribution in [0.3, 0.4) is 0 Å². The topological polar surface area (TPSA) is 41.6 Å². The number of aromatic amines is 1. The maximum Gasteiger partial charge on any atom is 0.0923 e. The second kappa shape index (κ2) is 5.29. The standard InChI is InChI=1S/C12H14N3/c1(2-7-12-9-13-10-15-12)5-11-6-3-4-8-14-11/h1,3-4,6,8-10H,2,5,7H2,(H,13,15). The van der Waals surface area contributed by atoms with Crippen molar-refractivity contribution in [3.63, 3.8) is 0 Å². The quantitative estimate of drug-likeness (QED) is 0.752. The van der Waals surface area contributed by atoms with E-state index in [2.05, 4.69) is 21.4 Å². The maximum atomic E-state index is 4.26. The first kappa shape index (κ1) is 9.90. The van der Waals surface area contributed by atoms with Crippen molar-refractivity contribution in [2.45, 2.75) is 19.3 Å². The molecule has 0 aliphatic heterocycles. The largest absolute Gasteiger partial charge is 0.351 e. The first-order valence-electron chi connectivity index (χ1n) is 5.14. The maximum absolute atomic E-state index is 4.26. The summed E-state index contributed by atoms with van der Waals surface area (Å²) in [4.78, 5) is 11.4. The number of hydrogen-bond acceptors (Lipinski definition) is 2. The van der Waals surface area contributed by atoms with Gasteiger partial charge in [-0.05, 0) is 37.8 Å². The van der Waals surface area contributed by atoms with Crippen LogP contribution in [0.15, 0.2) is 36.9 Å². The Morgan fingerprint density at radius 1 is 1.20 bits per heavy atom. The number of rotatable bonds is 5. The Morgan fingerprint density at radius 3 is 2.93 bits per heavy atom. The van der Waals surface area contributed by atoms with Gasteiger partial charge in [0.1, 0.15) is 0 Å². The summed E-state index contributed by atoms with van der Waals surface area (Å²) in [6.45, 7) is 0. The molecule has 0 atom stereocenters. The van der Waals surface area contributed by atoms with E-state index in [1.165, 1.54) is 0 Å². The summed E-state index contributed by atoms with van der Waals surface area (Å²) >= 11 is 0. The van der Waals surface area contributed by atoms with Gasteiger partial charge in [-0.2, -0.15) is 0 Å². The normalized spacial score (nSPS) is 10.4. The Kier molecular flexibility index (Phi) is 3.49. The molecule has 0 fully saturated rings. The van der Waals surface area contributed by atoms with Crippen molar-refractivity contribution in [3.05, 3.63) is 54.7 Å². The second-order valence-electron chi connectivity index (χ2n) is 3.41. The van der Waals surface area contributed by atoms with Crippen molar-refractivity contribution in [2.24, 2.45) is 0 Å². The molecule has 3 heteroatoms. The Balaban J connectivity index is 1.68. The Morgan fingerprint density at radius 2 is 2.20 bits per heavy atom. The molecule has 1 radical (unpaired) electrons. The fourth-order valence-corrected chi connectivity index (χ4v) is 1.45. The lowest BCUT2D eigenvalue weighted by atomic mass is 10.1. The van der Waals surface area contributed by atoms with E-state index in [0.717, 1.165) is 30.7 Å². The van der Waals surface area contributed by atoms with Gasteiger partial charge in [0, 0.05) is 18.1 Å². The van der Waals surface area contributed by atoms with Gasteiger partial charge in [-0.3, -0.25) is 4.98 Å². The summed E-state index contributed by atoms with van der Waals surface area (Å²) < 4.78 is 0. The molecule has 0 spiro atoms. The second-order valence-corrected chi connectivity index (χ2v) is 3.41. The van der Waals surface area contributed by atoms with Crippen molar-refractivity contribution < 1.29 is 0 Å². The smallest absolute Gasteiger partial charge is 0.0923 e. The molecule has 0 saturated carbocycles. The van der Waals surface area contributed by atoms with Crippen LogP contribution in [-0.4, -0.2) is 15.0 Å². The molecule has 1 N–H and O–H groups in total. The van der Waals surface area contributed by atoms with Crippen molar-refractivity contribution in [1.82, 2.24) is 15.0 Å². The van der Waals surface area contributed by atoms with Gasteiger partial charge in [-0.15, -0.1) is 0 Å². The van der Waals surface area contributed by atoms with Crippen LogP contribution in [0.1, 0.15) is 17.8 Å². The SMILES string of the molecule is [CH](CCc1c[nH]cn1)Cc1ccccn1. The first-order chi connectivity index (χ1) is 7.45. The van der Waals surface area contributed by atoms with Crippen molar-refractivity contribution >= 4 is 0 Å². The zero-order valence-corrected chi connectivity index (χ0v) is 8.56. The van der Waals surface area contributed by atoms with Crippen molar-refractivity contribution in [1.29, 1.82) is 0 Å². The number of H-pyrrole nitrogens is 1. The summed E-state index contributed by atoms with van der Waals surface area (Å²) in [6, 6.07) is 6.00. The van der Waals surface area contributed by atoms with Gasteiger partial charge in [0.25, 0.3) is 0 Å². The molecule has 0 aliphatic carbocycles. The monoisotopic (exact) mass is 200 g/mol. The average Bonchev–Trinajstić information content (AvgIpc) is 2.79. The number of unbranched alkanes of at least 4 members (excludes halogenated alkanes) is 1. The van der Waals surface area contributed by atoms with Crippen molar-refractivity contribution in [2.75, 3.05) is 0 Å². The number of pyridine rings is 1. The van der Waals surface area contributed by atoms with Crippen LogP contribution in [0.5, 0.6) is 0 Å². The lowest BCUT2D eigenvalue weighted by Gasteiger charge is -1.98. The van der Waals surface area contributed by atoms with Gasteiger partial charge in [-0.1, -0.05) is 6.07 Å². The molecule has 77 valence electrons. The molecule has 2 aromatic rings. The van der Waals surface area contributed by atoms with Gasteiger partial charge >= 0.3 is 0 Å². The van der Waals surface area contributed by atoms with Crippen molar-refractivity contribution in [3.8, 4) is 0 Å². The number of nitrogens with one attached hydrogen (secondary N) is 1. The number of imidazole rings is 1. The molecule has 0 bridgehead atoms. The zero-order chi connectivity index (χ0) is 10.3. The van der Waals surface area contributed by atoms with Crippen LogP contribution in [-0.2, 0) is 12.8 Å². The van der Waals surface area contributed by atoms with Gasteiger partial charge < -0.3 is 4.98 Å². The summed E-state index contributed by atoms with van der Waals surface area (Å²) in [5.74, 6) is 0. The number of hydrogen-bond donors (Lipinski definition) is 1. The highest BCUT2D eigenvalue weighted by atomic mass is 14.9. The van der Waals surface area contributed by atoms with E-state index in [1.54, 1.807) is 6.33 Å². The van der Waals surface area contributed by atoms with Gasteiger partial charge in [0.2, 0.25) is 0 Å². The van der Waals surface area contributed by atoms with Crippen LogP contribution >= 0.6 is 0 Å². The predicted molar refractivity (Wildman–Crippen MR) is 59.1 cm³/mol. The molecule has 2 heterocycles. The average molecular weight is 200 g/mol. The Bertz CT molecular complexity index is 367. The zero-order valence-electron chi connectivity index (χ0n) is 8.56. The van der Waals surface area contributed by atoms with E-state index in [0.29, 0.717) is 0 Å². The van der Waals surface area contributed by atoms with E-state index in [9.17, 15) is 0 Å². The highest BCUT2D eigenvalue weighted by Gasteiger charge is 1.96. The highest BCUT2D eigenvalue weighted by Crippen LogP contribution is 2.04. The number of aryl methyl sites for hydroxylation is 1. The molecule has 0 amide bonds. The Hall–Kier alpha value is -1.64. The molecule has 2 rings (SSSR count). The molecule has 0 aromatic carbocycles. The van der Waals surface area contributed by atoms with E-state index in [-0.39, 0.29) is 0 Å². The molecule has 0 saturated heterocycles. The lowest BCUT2D eigenvalue weighted by molar-refractivity contribution is 0.858. The predicted octanol–water partition coefficient (Wildman–Crippen LogP) is 2.18.